The smallest absolute Gasteiger partial charge is 0.325 e. The predicted molar refractivity (Wildman–Crippen MR) is 99.0 cm³/mol. The van der Waals surface area contributed by atoms with E-state index in [-0.39, 0.29) is 5.56 Å². The van der Waals surface area contributed by atoms with Gasteiger partial charge in [-0.2, -0.15) is 0 Å². The highest BCUT2D eigenvalue weighted by molar-refractivity contribution is 5.76. The first-order chi connectivity index (χ1) is 13.1. The minimum atomic E-state index is -1.05. The maximum atomic E-state index is 14.4. The number of carboxylic acid groups (broad SMARTS) is 1. The first-order valence-corrected chi connectivity index (χ1v) is 9.00. The number of carboxylic acids is 1. The quantitative estimate of drug-likeness (QED) is 0.840. The molecule has 0 spiro atoms. The third-order valence-corrected chi connectivity index (χ3v) is 4.88. The molecule has 1 atom stereocenters. The Labute approximate surface area is 158 Å². The Bertz CT molecular complexity index is 772. The number of nitrogens with zero attached hydrogens (tertiary/aromatic N) is 3. The van der Waals surface area contributed by atoms with Gasteiger partial charge in [0.25, 0.3) is 0 Å². The van der Waals surface area contributed by atoms with Crippen LogP contribution in [-0.2, 0) is 11.3 Å². The second kappa shape index (κ2) is 8.92. The van der Waals surface area contributed by atoms with Crippen molar-refractivity contribution in [3.63, 3.8) is 0 Å². The lowest BCUT2D eigenvalue weighted by Crippen LogP contribution is -2.37. The molecule has 1 saturated heterocycles. The van der Waals surface area contributed by atoms with Gasteiger partial charge in [-0.05, 0) is 48.9 Å². The third-order valence-electron chi connectivity index (χ3n) is 4.88. The maximum Gasteiger partial charge on any atom is 0.325 e. The van der Waals surface area contributed by atoms with Gasteiger partial charge in [0.15, 0.2) is 0 Å². The fraction of sp³-hybridized carbons (Fsp3) is 0.400. The molecule has 1 aromatic heterocycles. The molecule has 7 heteroatoms. The van der Waals surface area contributed by atoms with Gasteiger partial charge < -0.3 is 9.84 Å². The zero-order valence-electron chi connectivity index (χ0n) is 15.3. The van der Waals surface area contributed by atoms with Crippen LogP contribution in [-0.4, -0.2) is 59.1 Å². The summed E-state index contributed by atoms with van der Waals surface area (Å²) < 4.78 is 19.5. The highest BCUT2D eigenvalue weighted by Gasteiger charge is 2.31. The van der Waals surface area contributed by atoms with Crippen LogP contribution < -0.4 is 4.74 Å². The Morgan fingerprint density at radius 2 is 2.00 bits per heavy atom. The van der Waals surface area contributed by atoms with Crippen molar-refractivity contribution in [2.24, 2.45) is 0 Å². The molecule has 2 aromatic rings. The van der Waals surface area contributed by atoms with Crippen molar-refractivity contribution in [2.45, 2.75) is 19.0 Å². The van der Waals surface area contributed by atoms with E-state index in [1.807, 2.05) is 17.0 Å². The maximum absolute atomic E-state index is 14.4. The van der Waals surface area contributed by atoms with Crippen LogP contribution in [0.5, 0.6) is 5.75 Å². The SMILES string of the molecule is COc1ccc(F)c([C@@H](C(=O)O)N2CCCN(Cc3ccncc3)CC2)c1. The van der Waals surface area contributed by atoms with Crippen LogP contribution in [0.15, 0.2) is 42.7 Å². The van der Waals surface area contributed by atoms with Crippen molar-refractivity contribution < 1.29 is 19.0 Å². The van der Waals surface area contributed by atoms with E-state index < -0.39 is 17.8 Å². The average Bonchev–Trinajstić information content (AvgIpc) is 2.90. The molecule has 0 saturated carbocycles. The number of rotatable bonds is 6. The fourth-order valence-electron chi connectivity index (χ4n) is 3.50. The summed E-state index contributed by atoms with van der Waals surface area (Å²) in [6.45, 7) is 3.53. The molecule has 1 aliphatic heterocycles. The molecule has 27 heavy (non-hydrogen) atoms. The molecule has 1 fully saturated rings. The zero-order valence-corrected chi connectivity index (χ0v) is 15.3. The standard InChI is InChI=1S/C20H24FN3O3/c1-27-16-3-4-18(21)17(13-16)19(20(25)26)24-10-2-9-23(11-12-24)14-15-5-7-22-8-6-15/h3-8,13,19H,2,9-12,14H2,1H3,(H,25,26)/t19-/m0/s1. The second-order valence-corrected chi connectivity index (χ2v) is 6.65. The number of benzene rings is 1. The van der Waals surface area contributed by atoms with Crippen molar-refractivity contribution in [3.05, 3.63) is 59.7 Å². The lowest BCUT2D eigenvalue weighted by Gasteiger charge is -2.28. The van der Waals surface area contributed by atoms with Gasteiger partial charge in [0.2, 0.25) is 0 Å². The van der Waals surface area contributed by atoms with Gasteiger partial charge in [-0.3, -0.25) is 19.6 Å². The van der Waals surface area contributed by atoms with Gasteiger partial charge in [0.1, 0.15) is 17.6 Å². The largest absolute Gasteiger partial charge is 0.497 e. The lowest BCUT2D eigenvalue weighted by atomic mass is 10.0. The van der Waals surface area contributed by atoms with Gasteiger partial charge in [-0.15, -0.1) is 0 Å². The lowest BCUT2D eigenvalue weighted by molar-refractivity contribution is -0.143. The van der Waals surface area contributed by atoms with Crippen LogP contribution in [0.2, 0.25) is 0 Å². The minimum absolute atomic E-state index is 0.143. The molecule has 144 valence electrons. The number of methoxy groups -OCH3 is 1. The van der Waals surface area contributed by atoms with Gasteiger partial charge in [0, 0.05) is 44.1 Å². The summed E-state index contributed by atoms with van der Waals surface area (Å²) in [6, 6.07) is 7.17. The summed E-state index contributed by atoms with van der Waals surface area (Å²) in [5, 5.41) is 9.79. The Kier molecular flexibility index (Phi) is 6.36. The number of halogens is 1. The van der Waals surface area contributed by atoms with Crippen LogP contribution in [0.4, 0.5) is 4.39 Å². The molecule has 0 bridgehead atoms. The van der Waals surface area contributed by atoms with Crippen molar-refractivity contribution in [3.8, 4) is 5.75 Å². The van der Waals surface area contributed by atoms with Crippen molar-refractivity contribution in [2.75, 3.05) is 33.3 Å². The van der Waals surface area contributed by atoms with E-state index in [0.29, 0.717) is 18.8 Å². The van der Waals surface area contributed by atoms with Crippen LogP contribution in [0.3, 0.4) is 0 Å². The second-order valence-electron chi connectivity index (χ2n) is 6.65. The van der Waals surface area contributed by atoms with Gasteiger partial charge in [0.05, 0.1) is 7.11 Å². The highest BCUT2D eigenvalue weighted by atomic mass is 19.1. The molecule has 1 aliphatic rings. The Hall–Kier alpha value is -2.51. The van der Waals surface area contributed by atoms with Crippen LogP contribution in [0.1, 0.15) is 23.6 Å². The highest BCUT2D eigenvalue weighted by Crippen LogP contribution is 2.28. The van der Waals surface area contributed by atoms with E-state index in [9.17, 15) is 14.3 Å². The molecule has 6 nitrogen and oxygen atoms in total. The third kappa shape index (κ3) is 4.81. The minimum Gasteiger partial charge on any atom is -0.497 e. The van der Waals surface area contributed by atoms with E-state index in [1.54, 1.807) is 12.4 Å². The summed E-state index contributed by atoms with van der Waals surface area (Å²) in [6.07, 6.45) is 4.36. The fourth-order valence-corrected chi connectivity index (χ4v) is 3.50. The number of pyridine rings is 1. The molecule has 2 heterocycles. The Morgan fingerprint density at radius 3 is 2.70 bits per heavy atom. The summed E-state index contributed by atoms with van der Waals surface area (Å²) >= 11 is 0. The van der Waals surface area contributed by atoms with Crippen LogP contribution in [0.25, 0.3) is 0 Å². The molecular weight excluding hydrogens is 349 g/mol. The topological polar surface area (TPSA) is 65.9 Å². The van der Waals surface area contributed by atoms with E-state index >= 15 is 0 Å². The zero-order chi connectivity index (χ0) is 19.2. The molecule has 1 aromatic carbocycles. The Morgan fingerprint density at radius 1 is 1.22 bits per heavy atom. The van der Waals surface area contributed by atoms with E-state index in [1.165, 1.54) is 30.9 Å². The van der Waals surface area contributed by atoms with E-state index in [4.69, 9.17) is 4.74 Å². The number of ether oxygens (including phenoxy) is 1. The summed E-state index contributed by atoms with van der Waals surface area (Å²) in [5.74, 6) is -1.13. The predicted octanol–water partition coefficient (Wildman–Crippen LogP) is 2.56. The first kappa shape index (κ1) is 19.3. The van der Waals surface area contributed by atoms with E-state index in [2.05, 4.69) is 9.88 Å². The molecule has 0 radical (unpaired) electrons. The summed E-state index contributed by atoms with van der Waals surface area (Å²) in [7, 11) is 1.48. The van der Waals surface area contributed by atoms with Crippen LogP contribution in [0, 0.1) is 5.82 Å². The summed E-state index contributed by atoms with van der Waals surface area (Å²) in [4.78, 5) is 20.1. The normalized spacial score (nSPS) is 17.3. The van der Waals surface area contributed by atoms with Crippen molar-refractivity contribution in [1.29, 1.82) is 0 Å². The number of aliphatic carboxylic acids is 1. The molecule has 0 amide bonds. The van der Waals surface area contributed by atoms with E-state index in [0.717, 1.165) is 26.1 Å². The molecular formula is C20H24FN3O3. The summed E-state index contributed by atoms with van der Waals surface area (Å²) in [5.41, 5.74) is 1.32. The number of aromatic nitrogens is 1. The average molecular weight is 373 g/mol. The molecule has 3 rings (SSSR count). The number of hydrogen-bond acceptors (Lipinski definition) is 5. The van der Waals surface area contributed by atoms with Gasteiger partial charge in [-0.1, -0.05) is 0 Å². The molecule has 0 unspecified atom stereocenters. The van der Waals surface area contributed by atoms with Crippen LogP contribution >= 0.6 is 0 Å². The number of hydrogen-bond donors (Lipinski definition) is 1. The molecule has 0 aliphatic carbocycles. The van der Waals surface area contributed by atoms with Gasteiger partial charge >= 0.3 is 5.97 Å². The molecule has 1 N–H and O–H groups in total. The number of carbonyl (C=O) groups is 1. The monoisotopic (exact) mass is 373 g/mol. The van der Waals surface area contributed by atoms with Gasteiger partial charge in [-0.25, -0.2) is 4.39 Å². The van der Waals surface area contributed by atoms with Crippen molar-refractivity contribution >= 4 is 5.97 Å². The van der Waals surface area contributed by atoms with Crippen molar-refractivity contribution in [1.82, 2.24) is 14.8 Å². The Balaban J connectivity index is 1.74. The first-order valence-electron chi connectivity index (χ1n) is 9.00.